The Kier molecular flexibility index (Phi) is 4.94. The number of hydrogen-bond donors (Lipinski definition) is 2. The van der Waals surface area contributed by atoms with Gasteiger partial charge in [0.1, 0.15) is 5.71 Å². The highest BCUT2D eigenvalue weighted by Crippen LogP contribution is 2.30. The molecule has 0 bridgehead atoms. The van der Waals surface area contributed by atoms with Crippen LogP contribution in [0.3, 0.4) is 0 Å². The number of aromatic amines is 1. The fourth-order valence-electron chi connectivity index (χ4n) is 3.89. The van der Waals surface area contributed by atoms with Crippen molar-refractivity contribution in [2.45, 2.75) is 46.1 Å². The van der Waals surface area contributed by atoms with Gasteiger partial charge in [-0.3, -0.25) is 9.69 Å². The predicted octanol–water partition coefficient (Wildman–Crippen LogP) is 2.64. The van der Waals surface area contributed by atoms with Gasteiger partial charge in [-0.05, 0) is 56.0 Å². The van der Waals surface area contributed by atoms with Gasteiger partial charge in [0.2, 0.25) is 0 Å². The Morgan fingerprint density at radius 1 is 1.26 bits per heavy atom. The quantitative estimate of drug-likeness (QED) is 0.769. The van der Waals surface area contributed by atoms with Gasteiger partial charge in [0, 0.05) is 24.0 Å². The van der Waals surface area contributed by atoms with Crippen LogP contribution >= 0.6 is 0 Å². The normalized spacial score (nSPS) is 18.1. The second-order valence-corrected chi connectivity index (χ2v) is 6.98. The molecule has 0 spiro atoms. The lowest BCUT2D eigenvalue weighted by molar-refractivity contribution is -0.116. The Hall–Kier alpha value is -2.67. The number of carbonyl (C=O) groups excluding carboxylic acids is 1. The summed E-state index contributed by atoms with van der Waals surface area (Å²) in [4.78, 5) is 18.4. The van der Waals surface area contributed by atoms with E-state index in [-0.39, 0.29) is 5.91 Å². The summed E-state index contributed by atoms with van der Waals surface area (Å²) in [7, 11) is 0. The third-order valence-corrected chi connectivity index (χ3v) is 5.45. The molecule has 0 unspecified atom stereocenters. The second-order valence-electron chi connectivity index (χ2n) is 6.98. The number of nitrogens with one attached hydrogen (secondary N) is 2. The Morgan fingerprint density at radius 3 is 2.81 bits per heavy atom. The molecule has 27 heavy (non-hydrogen) atoms. The maximum absolute atomic E-state index is 12.4. The van der Waals surface area contributed by atoms with Gasteiger partial charge in [-0.25, -0.2) is 5.43 Å². The zero-order valence-electron chi connectivity index (χ0n) is 15.8. The molecule has 7 nitrogen and oxygen atoms in total. The van der Waals surface area contributed by atoms with Gasteiger partial charge in [-0.15, -0.1) is 0 Å². The average molecular weight is 367 g/mol. The Bertz CT molecular complexity index is 888. The van der Waals surface area contributed by atoms with Crippen LogP contribution < -0.4 is 5.43 Å². The first kappa shape index (κ1) is 17.7. The van der Waals surface area contributed by atoms with Gasteiger partial charge in [-0.2, -0.15) is 5.10 Å². The van der Waals surface area contributed by atoms with E-state index in [4.69, 9.17) is 4.52 Å². The van der Waals surface area contributed by atoms with E-state index in [2.05, 4.69) is 39.4 Å². The molecule has 0 saturated carbocycles. The molecule has 142 valence electrons. The van der Waals surface area contributed by atoms with E-state index >= 15 is 0 Å². The van der Waals surface area contributed by atoms with Crippen LogP contribution in [0.1, 0.15) is 55.0 Å². The van der Waals surface area contributed by atoms with Crippen molar-refractivity contribution in [3.63, 3.8) is 0 Å². The highest BCUT2D eigenvalue weighted by Gasteiger charge is 2.28. The smallest absolute Gasteiger partial charge is 0.273 e. The van der Waals surface area contributed by atoms with Crippen molar-refractivity contribution in [3.8, 4) is 0 Å². The number of hydrazone groups is 1. The lowest BCUT2D eigenvalue weighted by Crippen LogP contribution is -2.23. The molecule has 2 aliphatic rings. The van der Waals surface area contributed by atoms with Crippen molar-refractivity contribution in [2.75, 3.05) is 13.1 Å². The minimum atomic E-state index is -0.220. The molecule has 2 aromatic heterocycles. The SMILES string of the molecule is CCN(CC)Cc1c(C=C2C(=O)NN=C2c2ccno2)[nH]c2c1CCCC2. The van der Waals surface area contributed by atoms with Crippen molar-refractivity contribution < 1.29 is 9.32 Å². The fraction of sp³-hybridized carbons (Fsp3) is 0.450. The van der Waals surface area contributed by atoms with Crippen LogP contribution in [-0.4, -0.2) is 39.7 Å². The summed E-state index contributed by atoms with van der Waals surface area (Å²) in [5.74, 6) is 0.268. The molecule has 1 aliphatic carbocycles. The molecule has 4 rings (SSSR count). The minimum Gasteiger partial charge on any atom is -0.358 e. The third kappa shape index (κ3) is 3.35. The number of rotatable bonds is 6. The molecule has 2 N–H and O–H groups in total. The summed E-state index contributed by atoms with van der Waals surface area (Å²) in [6.45, 7) is 7.24. The van der Waals surface area contributed by atoms with Crippen LogP contribution in [0, 0.1) is 0 Å². The molecule has 2 aromatic rings. The first-order valence-corrected chi connectivity index (χ1v) is 9.67. The average Bonchev–Trinajstić information content (AvgIpc) is 3.40. The monoisotopic (exact) mass is 367 g/mol. The molecule has 0 radical (unpaired) electrons. The first-order chi connectivity index (χ1) is 13.2. The lowest BCUT2D eigenvalue weighted by atomic mass is 9.93. The minimum absolute atomic E-state index is 0.220. The molecule has 0 aromatic carbocycles. The van der Waals surface area contributed by atoms with Gasteiger partial charge in [0.15, 0.2) is 5.76 Å². The second kappa shape index (κ2) is 7.52. The molecule has 0 saturated heterocycles. The fourth-order valence-corrected chi connectivity index (χ4v) is 3.89. The van der Waals surface area contributed by atoms with Crippen LogP contribution in [0.4, 0.5) is 0 Å². The van der Waals surface area contributed by atoms with Gasteiger partial charge < -0.3 is 9.51 Å². The van der Waals surface area contributed by atoms with E-state index in [1.54, 1.807) is 12.3 Å². The summed E-state index contributed by atoms with van der Waals surface area (Å²) in [6, 6.07) is 1.71. The highest BCUT2D eigenvalue weighted by atomic mass is 16.5. The van der Waals surface area contributed by atoms with Crippen molar-refractivity contribution in [3.05, 3.63) is 46.1 Å². The predicted molar refractivity (Wildman–Crippen MR) is 103 cm³/mol. The van der Waals surface area contributed by atoms with Gasteiger partial charge in [0.05, 0.1) is 11.8 Å². The Balaban J connectivity index is 1.76. The molecule has 3 heterocycles. The molecule has 0 fully saturated rings. The van der Waals surface area contributed by atoms with E-state index < -0.39 is 0 Å². The first-order valence-electron chi connectivity index (χ1n) is 9.67. The number of hydrogen-bond acceptors (Lipinski definition) is 5. The summed E-state index contributed by atoms with van der Waals surface area (Å²) < 4.78 is 5.21. The van der Waals surface area contributed by atoms with Crippen LogP contribution in [0.5, 0.6) is 0 Å². The van der Waals surface area contributed by atoms with Gasteiger partial charge in [0.25, 0.3) is 5.91 Å². The highest BCUT2D eigenvalue weighted by molar-refractivity contribution is 6.32. The van der Waals surface area contributed by atoms with Crippen LogP contribution in [-0.2, 0) is 24.2 Å². The molecule has 1 amide bonds. The van der Waals surface area contributed by atoms with Crippen LogP contribution in [0.25, 0.3) is 6.08 Å². The number of aryl methyl sites for hydroxylation is 1. The summed E-state index contributed by atoms with van der Waals surface area (Å²) in [5, 5.41) is 7.86. The molecule has 0 atom stereocenters. The number of H-pyrrole nitrogens is 1. The number of amides is 1. The lowest BCUT2D eigenvalue weighted by Gasteiger charge is -2.20. The standard InChI is InChI=1S/C20H25N5O2/c1-3-25(4-2)12-15-13-7-5-6-8-16(13)22-17(15)11-14-19(23-24-20(14)26)18-9-10-21-27-18/h9-11,22H,3-8,12H2,1-2H3,(H,24,26). The van der Waals surface area contributed by atoms with E-state index in [0.29, 0.717) is 17.0 Å². The van der Waals surface area contributed by atoms with Crippen LogP contribution in [0.2, 0.25) is 0 Å². The van der Waals surface area contributed by atoms with Gasteiger partial charge >= 0.3 is 0 Å². The van der Waals surface area contributed by atoms with E-state index in [0.717, 1.165) is 38.2 Å². The Labute approximate surface area is 158 Å². The summed E-state index contributed by atoms with van der Waals surface area (Å²) in [6.07, 6.45) is 8.06. The molecular formula is C20H25N5O2. The summed E-state index contributed by atoms with van der Waals surface area (Å²) in [5.41, 5.74) is 8.60. The maximum atomic E-state index is 12.4. The van der Waals surface area contributed by atoms with E-state index in [1.807, 2.05) is 6.08 Å². The zero-order chi connectivity index (χ0) is 18.8. The van der Waals surface area contributed by atoms with E-state index in [9.17, 15) is 4.79 Å². The number of carbonyl (C=O) groups is 1. The molecular weight excluding hydrogens is 342 g/mol. The van der Waals surface area contributed by atoms with Gasteiger partial charge in [-0.1, -0.05) is 19.0 Å². The molecule has 7 heteroatoms. The number of aromatic nitrogens is 2. The maximum Gasteiger partial charge on any atom is 0.273 e. The number of fused-ring (bicyclic) bond motifs is 1. The zero-order valence-corrected chi connectivity index (χ0v) is 15.8. The Morgan fingerprint density at radius 2 is 2.07 bits per heavy atom. The summed E-state index contributed by atoms with van der Waals surface area (Å²) >= 11 is 0. The van der Waals surface area contributed by atoms with Crippen LogP contribution in [0.15, 0.2) is 27.5 Å². The van der Waals surface area contributed by atoms with Crippen molar-refractivity contribution in [1.29, 1.82) is 0 Å². The van der Waals surface area contributed by atoms with E-state index in [1.165, 1.54) is 29.7 Å². The topological polar surface area (TPSA) is 86.5 Å². The van der Waals surface area contributed by atoms with Crippen molar-refractivity contribution in [2.24, 2.45) is 5.10 Å². The van der Waals surface area contributed by atoms with Crippen molar-refractivity contribution >= 4 is 17.7 Å². The number of nitrogens with zero attached hydrogens (tertiary/aromatic N) is 3. The largest absolute Gasteiger partial charge is 0.358 e. The third-order valence-electron chi connectivity index (χ3n) is 5.45. The molecule has 1 aliphatic heterocycles. The van der Waals surface area contributed by atoms with Crippen molar-refractivity contribution in [1.82, 2.24) is 20.5 Å².